The zero-order valence-electron chi connectivity index (χ0n) is 13.1. The zero-order valence-corrected chi connectivity index (χ0v) is 13.1. The molecule has 7 nitrogen and oxygen atoms in total. The average molecular weight is 326 g/mol. The predicted molar refractivity (Wildman–Crippen MR) is 84.7 cm³/mol. The van der Waals surface area contributed by atoms with Gasteiger partial charge in [0.25, 0.3) is 0 Å². The minimum atomic E-state index is -0.869. The molecule has 0 spiro atoms. The second-order valence-corrected chi connectivity index (χ2v) is 6.35. The molecule has 1 aromatic carbocycles. The summed E-state index contributed by atoms with van der Waals surface area (Å²) in [6.07, 6.45) is 1.25. The Hall–Kier alpha value is -2.70. The van der Waals surface area contributed by atoms with Crippen LogP contribution < -0.4 is 0 Å². The van der Waals surface area contributed by atoms with Crippen molar-refractivity contribution in [2.45, 2.75) is 25.9 Å². The van der Waals surface area contributed by atoms with Crippen LogP contribution >= 0.6 is 0 Å². The van der Waals surface area contributed by atoms with Crippen molar-refractivity contribution in [1.82, 2.24) is 19.7 Å². The number of carbonyl (C=O) groups excluding carboxylic acids is 1. The molecule has 1 amide bonds. The topological polar surface area (TPSA) is 88.3 Å². The maximum absolute atomic E-state index is 12.6. The van der Waals surface area contributed by atoms with Crippen LogP contribution in [0.3, 0.4) is 0 Å². The Morgan fingerprint density at radius 2 is 1.79 bits per heavy atom. The zero-order chi connectivity index (χ0) is 16.7. The molecule has 124 valence electrons. The van der Waals surface area contributed by atoms with Crippen LogP contribution in [0.25, 0.3) is 11.4 Å². The number of rotatable bonds is 3. The molecule has 7 heteroatoms. The Bertz CT molecular complexity index is 786. The van der Waals surface area contributed by atoms with Gasteiger partial charge in [0.05, 0.1) is 18.4 Å². The summed E-state index contributed by atoms with van der Waals surface area (Å²) in [6, 6.07) is 9.84. The quantitative estimate of drug-likeness (QED) is 0.921. The summed E-state index contributed by atoms with van der Waals surface area (Å²) < 4.78 is 2.04. The summed E-state index contributed by atoms with van der Waals surface area (Å²) in [5.41, 5.74) is 1.00. The normalized spacial score (nSPS) is 22.6. The summed E-state index contributed by atoms with van der Waals surface area (Å²) in [4.78, 5) is 25.4. The van der Waals surface area contributed by atoms with Gasteiger partial charge in [-0.1, -0.05) is 30.3 Å². The van der Waals surface area contributed by atoms with Gasteiger partial charge < -0.3 is 14.6 Å². The first kappa shape index (κ1) is 14.9. The van der Waals surface area contributed by atoms with E-state index >= 15 is 0 Å². The number of amides is 1. The summed E-state index contributed by atoms with van der Waals surface area (Å²) >= 11 is 0. The Morgan fingerprint density at radius 3 is 2.46 bits per heavy atom. The fraction of sp³-hybridized carbons (Fsp3) is 0.412. The number of carboxylic acid groups (broad SMARTS) is 1. The standard InChI is InChI=1S/C17H18N4O3/c22-16(12-6-7-13(12)17(23)24)20-8-9-21-14(10-20)18-19-15(21)11-4-2-1-3-5-11/h1-5,12-13H,6-10H2,(H,23,24). The van der Waals surface area contributed by atoms with Crippen molar-refractivity contribution >= 4 is 11.9 Å². The molecule has 0 bridgehead atoms. The van der Waals surface area contributed by atoms with E-state index in [9.17, 15) is 9.59 Å². The largest absolute Gasteiger partial charge is 0.481 e. The highest BCUT2D eigenvalue weighted by molar-refractivity contribution is 5.86. The van der Waals surface area contributed by atoms with E-state index in [4.69, 9.17) is 5.11 Å². The lowest BCUT2D eigenvalue weighted by Crippen LogP contribution is -2.48. The Balaban J connectivity index is 1.52. The molecular weight excluding hydrogens is 308 g/mol. The van der Waals surface area contributed by atoms with Gasteiger partial charge in [-0.3, -0.25) is 9.59 Å². The number of nitrogens with zero attached hydrogens (tertiary/aromatic N) is 4. The molecule has 2 aromatic rings. The van der Waals surface area contributed by atoms with Gasteiger partial charge in [-0.15, -0.1) is 10.2 Å². The molecule has 0 radical (unpaired) electrons. The Kier molecular flexibility index (Phi) is 3.55. The van der Waals surface area contributed by atoms with Gasteiger partial charge in [-0.2, -0.15) is 0 Å². The molecule has 1 fully saturated rings. The van der Waals surface area contributed by atoms with Crippen LogP contribution in [0, 0.1) is 11.8 Å². The fourth-order valence-electron chi connectivity index (χ4n) is 3.47. The SMILES string of the molecule is O=C(O)C1CCC1C(=O)N1CCn2c(nnc2-c2ccccc2)C1. The van der Waals surface area contributed by atoms with Crippen LogP contribution in [0.2, 0.25) is 0 Å². The lowest BCUT2D eigenvalue weighted by atomic mass is 9.73. The third-order valence-electron chi connectivity index (χ3n) is 5.01. The molecule has 2 heterocycles. The number of carbonyl (C=O) groups is 2. The van der Waals surface area contributed by atoms with Gasteiger partial charge in [0.15, 0.2) is 11.6 Å². The first-order chi connectivity index (χ1) is 11.6. The molecule has 1 saturated carbocycles. The fourth-order valence-corrected chi connectivity index (χ4v) is 3.47. The van der Waals surface area contributed by atoms with Crippen molar-refractivity contribution in [2.24, 2.45) is 11.8 Å². The number of hydrogen-bond acceptors (Lipinski definition) is 4. The number of hydrogen-bond donors (Lipinski definition) is 1. The molecule has 4 rings (SSSR count). The molecule has 2 unspecified atom stereocenters. The van der Waals surface area contributed by atoms with E-state index in [2.05, 4.69) is 10.2 Å². The van der Waals surface area contributed by atoms with E-state index in [0.29, 0.717) is 32.5 Å². The number of aromatic nitrogens is 3. The smallest absolute Gasteiger partial charge is 0.307 e. The first-order valence-electron chi connectivity index (χ1n) is 8.14. The van der Waals surface area contributed by atoms with Crippen molar-refractivity contribution < 1.29 is 14.7 Å². The molecule has 24 heavy (non-hydrogen) atoms. The lowest BCUT2D eigenvalue weighted by molar-refractivity contribution is -0.157. The monoisotopic (exact) mass is 326 g/mol. The third kappa shape index (κ3) is 2.36. The van der Waals surface area contributed by atoms with Gasteiger partial charge >= 0.3 is 5.97 Å². The van der Waals surface area contributed by atoms with E-state index < -0.39 is 11.9 Å². The molecule has 1 aromatic heterocycles. The summed E-state index contributed by atoms with van der Waals surface area (Å²) in [6.45, 7) is 1.58. The highest BCUT2D eigenvalue weighted by Gasteiger charge is 2.43. The van der Waals surface area contributed by atoms with Crippen LogP contribution in [0.4, 0.5) is 0 Å². The minimum absolute atomic E-state index is 0.0656. The number of fused-ring (bicyclic) bond motifs is 1. The van der Waals surface area contributed by atoms with Crippen LogP contribution in [0.5, 0.6) is 0 Å². The number of aliphatic carboxylic acids is 1. The highest BCUT2D eigenvalue weighted by Crippen LogP contribution is 2.36. The summed E-state index contributed by atoms with van der Waals surface area (Å²) in [7, 11) is 0. The summed E-state index contributed by atoms with van der Waals surface area (Å²) in [5.74, 6) is -0.289. The van der Waals surface area contributed by atoms with Gasteiger partial charge in [-0.25, -0.2) is 0 Å². The maximum atomic E-state index is 12.6. The van der Waals surface area contributed by atoms with Crippen LogP contribution in [0.1, 0.15) is 18.7 Å². The molecular formula is C17H18N4O3. The Morgan fingerprint density at radius 1 is 1.04 bits per heavy atom. The minimum Gasteiger partial charge on any atom is -0.481 e. The van der Waals surface area contributed by atoms with Crippen LogP contribution in [-0.2, 0) is 22.7 Å². The average Bonchev–Trinajstić information content (AvgIpc) is 2.97. The second kappa shape index (κ2) is 5.74. The van der Waals surface area contributed by atoms with Gasteiger partial charge in [0.1, 0.15) is 0 Å². The molecule has 0 saturated heterocycles. The molecule has 2 atom stereocenters. The predicted octanol–water partition coefficient (Wildman–Crippen LogP) is 1.40. The maximum Gasteiger partial charge on any atom is 0.307 e. The number of carboxylic acids is 1. The van der Waals surface area contributed by atoms with E-state index in [1.807, 2.05) is 34.9 Å². The molecule has 2 aliphatic rings. The first-order valence-corrected chi connectivity index (χ1v) is 8.14. The summed E-state index contributed by atoms with van der Waals surface area (Å²) in [5, 5.41) is 17.6. The molecule has 1 aliphatic carbocycles. The van der Waals surface area contributed by atoms with Crippen molar-refractivity contribution in [3.8, 4) is 11.4 Å². The van der Waals surface area contributed by atoms with Crippen molar-refractivity contribution in [1.29, 1.82) is 0 Å². The second-order valence-electron chi connectivity index (χ2n) is 6.35. The van der Waals surface area contributed by atoms with Crippen molar-refractivity contribution in [2.75, 3.05) is 6.54 Å². The van der Waals surface area contributed by atoms with Crippen LogP contribution in [0.15, 0.2) is 30.3 Å². The van der Waals surface area contributed by atoms with E-state index in [1.54, 1.807) is 4.90 Å². The van der Waals surface area contributed by atoms with Crippen LogP contribution in [-0.4, -0.2) is 43.2 Å². The third-order valence-corrected chi connectivity index (χ3v) is 5.01. The van der Waals surface area contributed by atoms with E-state index in [0.717, 1.165) is 17.2 Å². The van der Waals surface area contributed by atoms with Gasteiger partial charge in [-0.05, 0) is 12.8 Å². The van der Waals surface area contributed by atoms with Gasteiger partial charge in [0, 0.05) is 18.7 Å². The Labute approximate surface area is 138 Å². The number of benzene rings is 1. The van der Waals surface area contributed by atoms with Crippen molar-refractivity contribution in [3.05, 3.63) is 36.2 Å². The highest BCUT2D eigenvalue weighted by atomic mass is 16.4. The van der Waals surface area contributed by atoms with E-state index in [-0.39, 0.29) is 11.8 Å². The lowest BCUT2D eigenvalue weighted by Gasteiger charge is -2.37. The van der Waals surface area contributed by atoms with Gasteiger partial charge in [0.2, 0.25) is 5.91 Å². The van der Waals surface area contributed by atoms with Crippen molar-refractivity contribution in [3.63, 3.8) is 0 Å². The molecule has 1 aliphatic heterocycles. The molecule has 1 N–H and O–H groups in total. The van der Waals surface area contributed by atoms with E-state index in [1.165, 1.54) is 0 Å².